The van der Waals surface area contributed by atoms with Crippen LogP contribution >= 0.6 is 0 Å². The van der Waals surface area contributed by atoms with Crippen molar-refractivity contribution in [3.63, 3.8) is 0 Å². The molecule has 0 N–H and O–H groups in total. The average Bonchev–Trinajstić information content (AvgIpc) is 2.17. The Labute approximate surface area is 82.4 Å². The fourth-order valence-electron chi connectivity index (χ4n) is 1.45. The fraction of sp³-hybridized carbons (Fsp3) is 0.500. The van der Waals surface area contributed by atoms with E-state index in [2.05, 4.69) is 51.8 Å². The SMILES string of the molecule is CCC(C)c1ccc(B(C)C)cc1. The molecule has 0 spiro atoms. The summed E-state index contributed by atoms with van der Waals surface area (Å²) in [6.07, 6.45) is 1.22. The van der Waals surface area contributed by atoms with Gasteiger partial charge in [0.05, 0.1) is 0 Å². The molecule has 1 heteroatoms. The number of benzene rings is 1. The molecule has 0 aliphatic rings. The molecule has 0 heterocycles. The van der Waals surface area contributed by atoms with E-state index in [1.165, 1.54) is 17.4 Å². The molecular formula is C12H19B. The van der Waals surface area contributed by atoms with Gasteiger partial charge in [0.25, 0.3) is 0 Å². The van der Waals surface area contributed by atoms with Crippen molar-refractivity contribution in [3.05, 3.63) is 29.8 Å². The van der Waals surface area contributed by atoms with Gasteiger partial charge in [-0.3, -0.25) is 0 Å². The molecule has 1 rings (SSSR count). The molecule has 0 saturated carbocycles. The quantitative estimate of drug-likeness (QED) is 0.617. The predicted octanol–water partition coefficient (Wildman–Crippen LogP) is 3.16. The van der Waals surface area contributed by atoms with Crippen LogP contribution in [0.2, 0.25) is 13.6 Å². The Morgan fingerprint density at radius 2 is 1.69 bits per heavy atom. The first-order valence-corrected chi connectivity index (χ1v) is 5.25. The van der Waals surface area contributed by atoms with E-state index in [4.69, 9.17) is 0 Å². The third-order valence-corrected chi connectivity index (χ3v) is 2.78. The van der Waals surface area contributed by atoms with Gasteiger partial charge >= 0.3 is 0 Å². The van der Waals surface area contributed by atoms with Crippen LogP contribution < -0.4 is 5.46 Å². The minimum Gasteiger partial charge on any atom is -0.0819 e. The summed E-state index contributed by atoms with van der Waals surface area (Å²) in [7, 11) is 0. The highest BCUT2D eigenvalue weighted by Crippen LogP contribution is 2.16. The molecule has 0 fully saturated rings. The van der Waals surface area contributed by atoms with Gasteiger partial charge in [-0.25, -0.2) is 0 Å². The Hall–Kier alpha value is -0.715. The average molecular weight is 174 g/mol. The van der Waals surface area contributed by atoms with Crippen molar-refractivity contribution in [2.24, 2.45) is 0 Å². The maximum atomic E-state index is 2.28. The van der Waals surface area contributed by atoms with Gasteiger partial charge in [-0.15, -0.1) is 0 Å². The molecular weight excluding hydrogens is 155 g/mol. The second kappa shape index (κ2) is 4.50. The molecule has 0 aliphatic heterocycles. The molecule has 13 heavy (non-hydrogen) atoms. The van der Waals surface area contributed by atoms with E-state index in [1.807, 2.05) is 0 Å². The molecule has 1 aromatic rings. The van der Waals surface area contributed by atoms with E-state index in [1.54, 1.807) is 0 Å². The molecule has 1 atom stereocenters. The monoisotopic (exact) mass is 174 g/mol. The van der Waals surface area contributed by atoms with Gasteiger partial charge in [-0.1, -0.05) is 57.2 Å². The van der Waals surface area contributed by atoms with Crippen LogP contribution in [-0.4, -0.2) is 6.71 Å². The highest BCUT2D eigenvalue weighted by molar-refractivity contribution is 6.70. The largest absolute Gasteiger partial charge is 0.169 e. The zero-order valence-electron chi connectivity index (χ0n) is 9.17. The summed E-state index contributed by atoms with van der Waals surface area (Å²) in [6.45, 7) is 9.63. The van der Waals surface area contributed by atoms with E-state index in [0.717, 1.165) is 0 Å². The van der Waals surface area contributed by atoms with Crippen LogP contribution in [0.5, 0.6) is 0 Å². The zero-order chi connectivity index (χ0) is 9.84. The first kappa shape index (κ1) is 10.4. The second-order valence-corrected chi connectivity index (χ2v) is 4.13. The standard InChI is InChI=1S/C12H19B/c1-5-10(2)11-6-8-12(9-7-11)13(3)4/h6-10H,5H2,1-4H3. The Morgan fingerprint density at radius 1 is 1.15 bits per heavy atom. The van der Waals surface area contributed by atoms with E-state index >= 15 is 0 Å². The molecule has 1 unspecified atom stereocenters. The number of hydrogen-bond acceptors (Lipinski definition) is 0. The zero-order valence-corrected chi connectivity index (χ0v) is 9.17. The summed E-state index contributed by atoms with van der Waals surface area (Å²) in [5.74, 6) is 0.696. The van der Waals surface area contributed by atoms with Crippen LogP contribution in [0.4, 0.5) is 0 Å². The van der Waals surface area contributed by atoms with Crippen molar-refractivity contribution in [3.8, 4) is 0 Å². The topological polar surface area (TPSA) is 0 Å². The van der Waals surface area contributed by atoms with Gasteiger partial charge in [0.15, 0.2) is 6.71 Å². The Kier molecular flexibility index (Phi) is 3.59. The molecule has 0 radical (unpaired) electrons. The summed E-state index contributed by atoms with van der Waals surface area (Å²) in [5.41, 5.74) is 2.90. The van der Waals surface area contributed by atoms with E-state index in [-0.39, 0.29) is 0 Å². The lowest BCUT2D eigenvalue weighted by atomic mass is 9.49. The van der Waals surface area contributed by atoms with Crippen molar-refractivity contribution >= 4 is 12.2 Å². The van der Waals surface area contributed by atoms with E-state index in [9.17, 15) is 0 Å². The summed E-state index contributed by atoms with van der Waals surface area (Å²) >= 11 is 0. The highest BCUT2D eigenvalue weighted by Gasteiger charge is 2.05. The summed E-state index contributed by atoms with van der Waals surface area (Å²) in [5, 5.41) is 0. The first-order valence-electron chi connectivity index (χ1n) is 5.25. The Morgan fingerprint density at radius 3 is 2.08 bits per heavy atom. The van der Waals surface area contributed by atoms with Crippen LogP contribution in [0.3, 0.4) is 0 Å². The predicted molar refractivity (Wildman–Crippen MR) is 62.3 cm³/mol. The van der Waals surface area contributed by atoms with Crippen LogP contribution in [0.15, 0.2) is 24.3 Å². The van der Waals surface area contributed by atoms with Gasteiger partial charge < -0.3 is 0 Å². The number of rotatable bonds is 3. The van der Waals surface area contributed by atoms with Gasteiger partial charge in [0, 0.05) is 0 Å². The summed E-state index contributed by atoms with van der Waals surface area (Å²) < 4.78 is 0. The second-order valence-electron chi connectivity index (χ2n) is 4.13. The number of hydrogen-bond donors (Lipinski definition) is 0. The van der Waals surface area contributed by atoms with Gasteiger partial charge in [-0.05, 0) is 17.9 Å². The van der Waals surface area contributed by atoms with Crippen molar-refractivity contribution in [1.82, 2.24) is 0 Å². The maximum absolute atomic E-state index is 2.28. The summed E-state index contributed by atoms with van der Waals surface area (Å²) in [6, 6.07) is 9.05. The lowest BCUT2D eigenvalue weighted by Crippen LogP contribution is -2.22. The van der Waals surface area contributed by atoms with Crippen LogP contribution in [-0.2, 0) is 0 Å². The fourth-order valence-corrected chi connectivity index (χ4v) is 1.45. The molecule has 0 saturated heterocycles. The minimum absolute atomic E-state index is 0.644. The minimum atomic E-state index is 0.644. The summed E-state index contributed by atoms with van der Waals surface area (Å²) in [4.78, 5) is 0. The Bertz CT molecular complexity index is 248. The van der Waals surface area contributed by atoms with E-state index < -0.39 is 0 Å². The van der Waals surface area contributed by atoms with Crippen molar-refractivity contribution in [2.75, 3.05) is 0 Å². The molecule has 0 nitrogen and oxygen atoms in total. The molecule has 70 valence electrons. The Balaban J connectivity index is 2.81. The van der Waals surface area contributed by atoms with Crippen LogP contribution in [0, 0.1) is 0 Å². The molecule has 0 aromatic heterocycles. The normalized spacial score (nSPS) is 12.6. The van der Waals surface area contributed by atoms with Crippen molar-refractivity contribution < 1.29 is 0 Å². The third-order valence-electron chi connectivity index (χ3n) is 2.78. The molecule has 0 bridgehead atoms. The van der Waals surface area contributed by atoms with Crippen molar-refractivity contribution in [1.29, 1.82) is 0 Å². The highest BCUT2D eigenvalue weighted by atomic mass is 14.0. The lowest BCUT2D eigenvalue weighted by molar-refractivity contribution is 0.734. The van der Waals surface area contributed by atoms with Gasteiger partial charge in [0.1, 0.15) is 0 Å². The van der Waals surface area contributed by atoms with E-state index in [0.29, 0.717) is 12.6 Å². The van der Waals surface area contributed by atoms with Crippen LogP contribution in [0.1, 0.15) is 31.7 Å². The first-order chi connectivity index (χ1) is 6.15. The third kappa shape index (κ3) is 2.62. The molecule has 1 aromatic carbocycles. The lowest BCUT2D eigenvalue weighted by Gasteiger charge is -2.10. The smallest absolute Gasteiger partial charge is 0.0819 e. The molecule has 0 aliphatic carbocycles. The van der Waals surface area contributed by atoms with Crippen molar-refractivity contribution in [2.45, 2.75) is 39.8 Å². The van der Waals surface area contributed by atoms with Crippen LogP contribution in [0.25, 0.3) is 0 Å². The molecule has 0 amide bonds. The van der Waals surface area contributed by atoms with Gasteiger partial charge in [0.2, 0.25) is 0 Å². The maximum Gasteiger partial charge on any atom is 0.169 e. The van der Waals surface area contributed by atoms with Gasteiger partial charge in [-0.2, -0.15) is 0 Å².